The normalized spacial score (nSPS) is 19.2. The number of hydrogen-bond donors (Lipinski definition) is 3. The number of rotatable bonds is 6. The highest BCUT2D eigenvalue weighted by Gasteiger charge is 2.17. The molecule has 1 aliphatic heterocycles. The molecule has 1 fully saturated rings. The molecule has 5 heteroatoms. The number of carbonyl (C=O) groups is 1. The van der Waals surface area contributed by atoms with E-state index in [1.807, 2.05) is 18.2 Å². The molecule has 5 nitrogen and oxygen atoms in total. The molecular weight excluding hydrogens is 266 g/mol. The number of anilines is 1. The minimum Gasteiger partial charge on any atom is -0.379 e. The van der Waals surface area contributed by atoms with Crippen molar-refractivity contribution < 1.29 is 9.53 Å². The number of hydrogen-bond acceptors (Lipinski definition) is 3. The molecule has 116 valence electrons. The summed E-state index contributed by atoms with van der Waals surface area (Å²) in [6, 6.07) is 8.18. The lowest BCUT2D eigenvalue weighted by Gasteiger charge is -2.16. The van der Waals surface area contributed by atoms with Crippen LogP contribution in [0.5, 0.6) is 0 Å². The van der Waals surface area contributed by atoms with Crippen molar-refractivity contribution >= 4 is 11.7 Å². The lowest BCUT2D eigenvalue weighted by Crippen LogP contribution is -2.38. The molecule has 2 rings (SSSR count). The number of ether oxygens (including phenoxy) is 1. The monoisotopic (exact) mass is 291 g/mol. The smallest absolute Gasteiger partial charge is 0.319 e. The van der Waals surface area contributed by atoms with E-state index in [0.29, 0.717) is 6.61 Å². The Morgan fingerprint density at radius 1 is 1.48 bits per heavy atom. The summed E-state index contributed by atoms with van der Waals surface area (Å²) in [5, 5.41) is 9.25. The molecule has 2 unspecified atom stereocenters. The van der Waals surface area contributed by atoms with E-state index in [9.17, 15) is 4.79 Å². The van der Waals surface area contributed by atoms with Crippen LogP contribution in [0.1, 0.15) is 38.3 Å². The van der Waals surface area contributed by atoms with E-state index >= 15 is 0 Å². The van der Waals surface area contributed by atoms with Crippen LogP contribution < -0.4 is 16.0 Å². The summed E-state index contributed by atoms with van der Waals surface area (Å²) in [4.78, 5) is 11.9. The van der Waals surface area contributed by atoms with Gasteiger partial charge >= 0.3 is 6.03 Å². The predicted octanol–water partition coefficient (Wildman–Crippen LogP) is 2.66. The van der Waals surface area contributed by atoms with Crippen LogP contribution in [0, 0.1) is 0 Å². The van der Waals surface area contributed by atoms with Crippen LogP contribution in [0.4, 0.5) is 10.5 Å². The van der Waals surface area contributed by atoms with Crippen molar-refractivity contribution in [1.82, 2.24) is 10.6 Å². The Hall–Kier alpha value is -1.59. The molecule has 1 aromatic carbocycles. The minimum atomic E-state index is -0.170. The second-order valence-corrected chi connectivity index (χ2v) is 5.46. The van der Waals surface area contributed by atoms with Gasteiger partial charge in [-0.15, -0.1) is 0 Å². The lowest BCUT2D eigenvalue weighted by atomic mass is 10.1. The summed E-state index contributed by atoms with van der Waals surface area (Å²) < 4.78 is 5.25. The summed E-state index contributed by atoms with van der Waals surface area (Å²) in [6.07, 6.45) is 1.99. The summed E-state index contributed by atoms with van der Waals surface area (Å²) in [6.45, 7) is 6.59. The molecule has 0 radical (unpaired) electrons. The number of benzene rings is 1. The Morgan fingerprint density at radius 3 is 3.05 bits per heavy atom. The van der Waals surface area contributed by atoms with Crippen molar-refractivity contribution in [2.75, 3.05) is 25.1 Å². The van der Waals surface area contributed by atoms with Crippen LogP contribution in [0.2, 0.25) is 0 Å². The van der Waals surface area contributed by atoms with Gasteiger partial charge in [0.2, 0.25) is 0 Å². The molecule has 1 aromatic rings. The van der Waals surface area contributed by atoms with E-state index in [4.69, 9.17) is 4.74 Å². The van der Waals surface area contributed by atoms with E-state index in [2.05, 4.69) is 35.9 Å². The second-order valence-electron chi connectivity index (χ2n) is 5.46. The molecule has 21 heavy (non-hydrogen) atoms. The molecule has 0 spiro atoms. The lowest BCUT2D eigenvalue weighted by molar-refractivity contribution is 0.189. The Bertz CT molecular complexity index is 459. The largest absolute Gasteiger partial charge is 0.379 e. The van der Waals surface area contributed by atoms with Gasteiger partial charge in [-0.25, -0.2) is 4.79 Å². The molecule has 1 aliphatic rings. The third-order valence-corrected chi connectivity index (χ3v) is 3.61. The average molecular weight is 291 g/mol. The van der Waals surface area contributed by atoms with Gasteiger partial charge in [-0.1, -0.05) is 19.1 Å². The van der Waals surface area contributed by atoms with Crippen LogP contribution in [-0.2, 0) is 4.74 Å². The van der Waals surface area contributed by atoms with Gasteiger partial charge in [0.05, 0.1) is 12.6 Å². The van der Waals surface area contributed by atoms with Gasteiger partial charge < -0.3 is 20.7 Å². The molecular formula is C16H25N3O2. The fourth-order valence-corrected chi connectivity index (χ4v) is 2.37. The molecule has 1 heterocycles. The number of nitrogens with one attached hydrogen (secondary N) is 3. The molecule has 0 aromatic heterocycles. The maximum absolute atomic E-state index is 11.9. The highest BCUT2D eigenvalue weighted by Crippen LogP contribution is 2.17. The van der Waals surface area contributed by atoms with Crippen LogP contribution in [0.15, 0.2) is 24.3 Å². The number of urea groups is 1. The quantitative estimate of drug-likeness (QED) is 0.755. The Morgan fingerprint density at radius 2 is 2.33 bits per heavy atom. The first-order valence-corrected chi connectivity index (χ1v) is 7.67. The van der Waals surface area contributed by atoms with Crippen molar-refractivity contribution in [2.45, 2.75) is 38.8 Å². The number of amides is 2. The first-order valence-electron chi connectivity index (χ1n) is 7.67. The molecule has 0 saturated carbocycles. The fourth-order valence-electron chi connectivity index (χ4n) is 2.37. The predicted molar refractivity (Wildman–Crippen MR) is 84.5 cm³/mol. The second kappa shape index (κ2) is 8.00. The SMILES string of the molecule is CCCNC(C)c1cccc(NC(=O)NC2CCOC2)c1. The zero-order chi connectivity index (χ0) is 15.1. The Kier molecular flexibility index (Phi) is 6.02. The van der Waals surface area contributed by atoms with Gasteiger partial charge in [0.25, 0.3) is 0 Å². The van der Waals surface area contributed by atoms with Crippen molar-refractivity contribution in [1.29, 1.82) is 0 Å². The summed E-state index contributed by atoms with van der Waals surface area (Å²) in [5.74, 6) is 0. The van der Waals surface area contributed by atoms with E-state index in [-0.39, 0.29) is 18.1 Å². The summed E-state index contributed by atoms with van der Waals surface area (Å²) in [5.41, 5.74) is 1.99. The topological polar surface area (TPSA) is 62.4 Å². The summed E-state index contributed by atoms with van der Waals surface area (Å²) >= 11 is 0. The van der Waals surface area contributed by atoms with Gasteiger partial charge in [0, 0.05) is 18.3 Å². The first-order chi connectivity index (χ1) is 10.2. The van der Waals surface area contributed by atoms with Gasteiger partial charge in [-0.3, -0.25) is 0 Å². The standard InChI is InChI=1S/C16H25N3O2/c1-3-8-17-12(2)13-5-4-6-14(10-13)18-16(20)19-15-7-9-21-11-15/h4-6,10,12,15,17H,3,7-9,11H2,1-2H3,(H2,18,19,20). The Balaban J connectivity index is 1.89. The molecule has 2 atom stereocenters. The highest BCUT2D eigenvalue weighted by molar-refractivity contribution is 5.89. The van der Waals surface area contributed by atoms with Gasteiger partial charge in [0.1, 0.15) is 0 Å². The van der Waals surface area contributed by atoms with E-state index < -0.39 is 0 Å². The van der Waals surface area contributed by atoms with Crippen LogP contribution in [0.25, 0.3) is 0 Å². The third-order valence-electron chi connectivity index (χ3n) is 3.61. The summed E-state index contributed by atoms with van der Waals surface area (Å²) in [7, 11) is 0. The fraction of sp³-hybridized carbons (Fsp3) is 0.562. The van der Waals surface area contributed by atoms with Crippen molar-refractivity contribution in [2.24, 2.45) is 0 Å². The van der Waals surface area contributed by atoms with Crippen molar-refractivity contribution in [3.8, 4) is 0 Å². The third kappa shape index (κ3) is 5.02. The maximum atomic E-state index is 11.9. The minimum absolute atomic E-state index is 0.123. The maximum Gasteiger partial charge on any atom is 0.319 e. The zero-order valence-corrected chi connectivity index (χ0v) is 12.8. The van der Waals surface area contributed by atoms with E-state index in [1.54, 1.807) is 0 Å². The molecule has 0 bridgehead atoms. The van der Waals surface area contributed by atoms with Crippen molar-refractivity contribution in [3.63, 3.8) is 0 Å². The highest BCUT2D eigenvalue weighted by atomic mass is 16.5. The van der Waals surface area contributed by atoms with Crippen molar-refractivity contribution in [3.05, 3.63) is 29.8 Å². The molecule has 1 saturated heterocycles. The van der Waals surface area contributed by atoms with Crippen LogP contribution in [0.3, 0.4) is 0 Å². The first kappa shape index (κ1) is 15.8. The van der Waals surface area contributed by atoms with Crippen LogP contribution >= 0.6 is 0 Å². The van der Waals surface area contributed by atoms with Gasteiger partial charge in [-0.2, -0.15) is 0 Å². The van der Waals surface area contributed by atoms with Gasteiger partial charge in [-0.05, 0) is 44.0 Å². The van der Waals surface area contributed by atoms with E-state index in [1.165, 1.54) is 5.56 Å². The molecule has 0 aliphatic carbocycles. The molecule has 2 amide bonds. The Labute approximate surface area is 126 Å². The average Bonchev–Trinajstić information content (AvgIpc) is 2.97. The molecule has 3 N–H and O–H groups in total. The van der Waals surface area contributed by atoms with Crippen LogP contribution in [-0.4, -0.2) is 31.8 Å². The zero-order valence-electron chi connectivity index (χ0n) is 12.8. The van der Waals surface area contributed by atoms with Gasteiger partial charge in [0.15, 0.2) is 0 Å². The van der Waals surface area contributed by atoms with E-state index in [0.717, 1.165) is 31.7 Å². The number of carbonyl (C=O) groups excluding carboxylic acids is 1.